The maximum absolute atomic E-state index is 11.7. The standard InChI is InChI=1S/C14H22N2OS/c1-2-12(17)14-11(15)9-13(18-14)16-10-7-5-3-4-6-8-10/h9-10,16H,2-8,15H2,1H3. The number of thiophene rings is 1. The molecule has 1 saturated carbocycles. The van der Waals surface area contributed by atoms with E-state index in [-0.39, 0.29) is 5.78 Å². The third-order valence-electron chi connectivity index (χ3n) is 3.54. The Hall–Kier alpha value is -1.03. The van der Waals surface area contributed by atoms with E-state index in [1.165, 1.54) is 49.9 Å². The van der Waals surface area contributed by atoms with Crippen LogP contribution in [0.1, 0.15) is 61.5 Å². The van der Waals surface area contributed by atoms with Gasteiger partial charge in [-0.3, -0.25) is 4.79 Å². The Morgan fingerprint density at radius 1 is 1.39 bits per heavy atom. The fourth-order valence-electron chi connectivity index (χ4n) is 2.48. The van der Waals surface area contributed by atoms with Gasteiger partial charge in [0.25, 0.3) is 0 Å². The second-order valence-corrected chi connectivity index (χ2v) is 6.06. The minimum atomic E-state index is 0.145. The van der Waals surface area contributed by atoms with Gasteiger partial charge in [-0.05, 0) is 18.9 Å². The van der Waals surface area contributed by atoms with Crippen molar-refractivity contribution in [3.8, 4) is 0 Å². The Morgan fingerprint density at radius 3 is 2.67 bits per heavy atom. The summed E-state index contributed by atoms with van der Waals surface area (Å²) in [4.78, 5) is 12.4. The summed E-state index contributed by atoms with van der Waals surface area (Å²) >= 11 is 1.51. The molecule has 100 valence electrons. The van der Waals surface area contributed by atoms with Crippen molar-refractivity contribution in [2.24, 2.45) is 0 Å². The largest absolute Gasteiger partial charge is 0.397 e. The Bertz CT molecular complexity index is 406. The minimum Gasteiger partial charge on any atom is -0.397 e. The van der Waals surface area contributed by atoms with Crippen molar-refractivity contribution in [2.75, 3.05) is 11.1 Å². The first-order valence-electron chi connectivity index (χ1n) is 6.89. The molecule has 1 fully saturated rings. The Morgan fingerprint density at radius 2 is 2.06 bits per heavy atom. The first kappa shape index (κ1) is 13.4. The normalized spacial score (nSPS) is 17.4. The molecule has 1 aromatic rings. The fourth-order valence-corrected chi connectivity index (χ4v) is 3.55. The molecule has 1 aliphatic carbocycles. The zero-order chi connectivity index (χ0) is 13.0. The van der Waals surface area contributed by atoms with Gasteiger partial charge in [0, 0.05) is 12.5 Å². The zero-order valence-electron chi connectivity index (χ0n) is 11.0. The van der Waals surface area contributed by atoms with Crippen molar-refractivity contribution in [3.63, 3.8) is 0 Å². The molecule has 0 unspecified atom stereocenters. The molecule has 18 heavy (non-hydrogen) atoms. The van der Waals surface area contributed by atoms with E-state index in [0.717, 1.165) is 5.00 Å². The Kier molecular flexibility index (Phi) is 4.64. The number of carbonyl (C=O) groups is 1. The van der Waals surface area contributed by atoms with Crippen molar-refractivity contribution in [3.05, 3.63) is 10.9 Å². The predicted octanol–water partition coefficient (Wildman–Crippen LogP) is 4.06. The summed E-state index contributed by atoms with van der Waals surface area (Å²) in [7, 11) is 0. The number of nitrogen functional groups attached to an aromatic ring is 1. The van der Waals surface area contributed by atoms with E-state index in [9.17, 15) is 4.79 Å². The molecule has 0 atom stereocenters. The summed E-state index contributed by atoms with van der Waals surface area (Å²) in [6.07, 6.45) is 8.30. The van der Waals surface area contributed by atoms with Gasteiger partial charge in [0.05, 0.1) is 15.6 Å². The highest BCUT2D eigenvalue weighted by molar-refractivity contribution is 7.18. The van der Waals surface area contributed by atoms with Crippen molar-refractivity contribution >= 4 is 27.8 Å². The molecule has 0 spiro atoms. The molecule has 0 radical (unpaired) electrons. The van der Waals surface area contributed by atoms with Crippen LogP contribution in [0.4, 0.5) is 10.7 Å². The lowest BCUT2D eigenvalue weighted by molar-refractivity contribution is 0.0993. The number of rotatable bonds is 4. The van der Waals surface area contributed by atoms with Crippen LogP contribution in [-0.4, -0.2) is 11.8 Å². The summed E-state index contributed by atoms with van der Waals surface area (Å²) in [6, 6.07) is 2.47. The second-order valence-electron chi connectivity index (χ2n) is 5.00. The van der Waals surface area contributed by atoms with Crippen LogP contribution in [0.15, 0.2) is 6.07 Å². The average molecular weight is 266 g/mol. The van der Waals surface area contributed by atoms with Gasteiger partial charge in [-0.15, -0.1) is 11.3 Å². The van der Waals surface area contributed by atoms with Gasteiger partial charge in [0.15, 0.2) is 5.78 Å². The number of Topliss-reactive ketones (excluding diaryl/α,β-unsaturated/α-hetero) is 1. The van der Waals surface area contributed by atoms with Crippen LogP contribution in [0.25, 0.3) is 0 Å². The van der Waals surface area contributed by atoms with Crippen molar-refractivity contribution < 1.29 is 4.79 Å². The molecular weight excluding hydrogens is 244 g/mol. The number of hydrogen-bond acceptors (Lipinski definition) is 4. The van der Waals surface area contributed by atoms with Crippen LogP contribution in [0, 0.1) is 0 Å². The molecule has 0 saturated heterocycles. The van der Waals surface area contributed by atoms with Gasteiger partial charge in [-0.1, -0.05) is 32.6 Å². The van der Waals surface area contributed by atoms with Gasteiger partial charge in [0.2, 0.25) is 0 Å². The SMILES string of the molecule is CCC(=O)c1sc(NC2CCCCCC2)cc1N. The Balaban J connectivity index is 2.02. The maximum Gasteiger partial charge on any atom is 0.174 e. The molecule has 0 bridgehead atoms. The molecule has 2 rings (SSSR count). The lowest BCUT2D eigenvalue weighted by Gasteiger charge is -2.15. The molecule has 0 amide bonds. The molecule has 0 aliphatic heterocycles. The van der Waals surface area contributed by atoms with Crippen molar-refractivity contribution in [1.29, 1.82) is 0 Å². The van der Waals surface area contributed by atoms with Gasteiger partial charge >= 0.3 is 0 Å². The summed E-state index contributed by atoms with van der Waals surface area (Å²) in [5.74, 6) is 0.145. The molecule has 4 heteroatoms. The van der Waals surface area contributed by atoms with E-state index in [4.69, 9.17) is 5.73 Å². The highest BCUT2D eigenvalue weighted by Crippen LogP contribution is 2.32. The van der Waals surface area contributed by atoms with E-state index >= 15 is 0 Å². The number of ketones is 1. The summed E-state index contributed by atoms with van der Waals surface area (Å²) in [6.45, 7) is 1.87. The van der Waals surface area contributed by atoms with Gasteiger partial charge in [-0.25, -0.2) is 0 Å². The molecule has 3 nitrogen and oxygen atoms in total. The van der Waals surface area contributed by atoms with Gasteiger partial charge < -0.3 is 11.1 Å². The lowest BCUT2D eigenvalue weighted by Crippen LogP contribution is -2.17. The van der Waals surface area contributed by atoms with E-state index < -0.39 is 0 Å². The topological polar surface area (TPSA) is 55.1 Å². The second kappa shape index (κ2) is 6.23. The third-order valence-corrected chi connectivity index (χ3v) is 4.66. The van der Waals surface area contributed by atoms with Crippen LogP contribution in [-0.2, 0) is 0 Å². The van der Waals surface area contributed by atoms with Crippen LogP contribution >= 0.6 is 11.3 Å². The van der Waals surface area contributed by atoms with Crippen LogP contribution in [0.3, 0.4) is 0 Å². The highest BCUT2D eigenvalue weighted by Gasteiger charge is 2.16. The maximum atomic E-state index is 11.7. The van der Waals surface area contributed by atoms with Gasteiger partial charge in [0.1, 0.15) is 0 Å². The number of hydrogen-bond donors (Lipinski definition) is 2. The first-order valence-corrected chi connectivity index (χ1v) is 7.71. The van der Waals surface area contributed by atoms with Crippen molar-refractivity contribution in [1.82, 2.24) is 0 Å². The van der Waals surface area contributed by atoms with Gasteiger partial charge in [-0.2, -0.15) is 0 Å². The van der Waals surface area contributed by atoms with E-state index in [1.54, 1.807) is 0 Å². The van der Waals surface area contributed by atoms with E-state index in [0.29, 0.717) is 23.0 Å². The Labute approximate surface area is 113 Å². The summed E-state index contributed by atoms with van der Waals surface area (Å²) < 4.78 is 0. The summed E-state index contributed by atoms with van der Waals surface area (Å²) in [5.41, 5.74) is 6.53. The molecule has 3 N–H and O–H groups in total. The lowest BCUT2D eigenvalue weighted by atomic mass is 10.1. The molecule has 1 heterocycles. The average Bonchev–Trinajstić information content (AvgIpc) is 2.57. The fraction of sp³-hybridized carbons (Fsp3) is 0.643. The van der Waals surface area contributed by atoms with E-state index in [1.807, 2.05) is 13.0 Å². The predicted molar refractivity (Wildman–Crippen MR) is 78.5 cm³/mol. The minimum absolute atomic E-state index is 0.145. The molecule has 0 aromatic carbocycles. The third kappa shape index (κ3) is 3.25. The molecular formula is C14H22N2OS. The number of nitrogens with one attached hydrogen (secondary N) is 1. The summed E-state index contributed by atoms with van der Waals surface area (Å²) in [5, 5.41) is 4.60. The highest BCUT2D eigenvalue weighted by atomic mass is 32.1. The number of nitrogens with two attached hydrogens (primary N) is 1. The molecule has 1 aromatic heterocycles. The van der Waals surface area contributed by atoms with Crippen LogP contribution in [0.2, 0.25) is 0 Å². The van der Waals surface area contributed by atoms with Crippen molar-refractivity contribution in [2.45, 2.75) is 57.9 Å². The quantitative estimate of drug-likeness (QED) is 0.638. The zero-order valence-corrected chi connectivity index (χ0v) is 11.8. The van der Waals surface area contributed by atoms with Crippen LogP contribution in [0.5, 0.6) is 0 Å². The first-order chi connectivity index (χ1) is 8.70. The van der Waals surface area contributed by atoms with E-state index in [2.05, 4.69) is 5.32 Å². The monoisotopic (exact) mass is 266 g/mol. The molecule has 1 aliphatic rings. The number of carbonyl (C=O) groups excluding carboxylic acids is 1. The smallest absolute Gasteiger partial charge is 0.174 e. The van der Waals surface area contributed by atoms with Crippen LogP contribution < -0.4 is 11.1 Å². The number of anilines is 2.